The number of amides is 1. The molecule has 24 heavy (non-hydrogen) atoms. The van der Waals surface area contributed by atoms with E-state index in [0.717, 1.165) is 36.5 Å². The fourth-order valence-corrected chi connectivity index (χ4v) is 3.29. The highest BCUT2D eigenvalue weighted by molar-refractivity contribution is 7.08. The predicted octanol–water partition coefficient (Wildman–Crippen LogP) is 1.58. The van der Waals surface area contributed by atoms with Crippen molar-refractivity contribution in [2.24, 2.45) is 0 Å². The lowest BCUT2D eigenvalue weighted by Crippen LogP contribution is -2.31. The van der Waals surface area contributed by atoms with Gasteiger partial charge in [-0.1, -0.05) is 17.8 Å². The minimum atomic E-state index is -0.130. The first-order chi connectivity index (χ1) is 11.7. The molecular formula is C15H19N5O3S. The molecule has 0 spiro atoms. The summed E-state index contributed by atoms with van der Waals surface area (Å²) < 4.78 is 14.9. The van der Waals surface area contributed by atoms with Crippen LogP contribution in [0.15, 0.2) is 12.4 Å². The summed E-state index contributed by atoms with van der Waals surface area (Å²) in [5, 5.41) is 4.06. The molecule has 0 bridgehead atoms. The number of hydrogen-bond acceptors (Lipinski definition) is 8. The number of hydrogen-bond donors (Lipinski definition) is 0. The van der Waals surface area contributed by atoms with Gasteiger partial charge < -0.3 is 14.4 Å². The molecule has 0 aliphatic carbocycles. The van der Waals surface area contributed by atoms with Crippen molar-refractivity contribution in [2.75, 3.05) is 20.2 Å². The summed E-state index contributed by atoms with van der Waals surface area (Å²) in [5.41, 5.74) is 0.785. The first-order valence-corrected chi connectivity index (χ1v) is 8.62. The van der Waals surface area contributed by atoms with Crippen molar-refractivity contribution in [1.82, 2.24) is 24.5 Å². The monoisotopic (exact) mass is 349 g/mol. The van der Waals surface area contributed by atoms with Crippen LogP contribution in [0.1, 0.15) is 35.1 Å². The van der Waals surface area contributed by atoms with Gasteiger partial charge in [0.25, 0.3) is 17.7 Å². The fourth-order valence-electron chi connectivity index (χ4n) is 2.62. The molecule has 9 heteroatoms. The highest BCUT2D eigenvalue weighted by Gasteiger charge is 2.31. The van der Waals surface area contributed by atoms with Gasteiger partial charge in [-0.3, -0.25) is 4.79 Å². The largest absolute Gasteiger partial charge is 0.477 e. The van der Waals surface area contributed by atoms with E-state index in [2.05, 4.69) is 26.5 Å². The zero-order valence-corrected chi connectivity index (χ0v) is 14.5. The highest BCUT2D eigenvalue weighted by Crippen LogP contribution is 2.25. The van der Waals surface area contributed by atoms with Crippen LogP contribution < -0.4 is 9.47 Å². The molecule has 128 valence electrons. The summed E-state index contributed by atoms with van der Waals surface area (Å²) in [5.74, 6) is 0.676. The molecule has 3 rings (SSSR count). The van der Waals surface area contributed by atoms with Gasteiger partial charge in [-0.05, 0) is 18.0 Å². The van der Waals surface area contributed by atoms with E-state index in [1.54, 1.807) is 17.3 Å². The second kappa shape index (κ2) is 7.52. The van der Waals surface area contributed by atoms with Crippen LogP contribution in [0.25, 0.3) is 0 Å². The Balaban J connectivity index is 1.64. The van der Waals surface area contributed by atoms with Crippen LogP contribution in [0.3, 0.4) is 0 Å². The van der Waals surface area contributed by atoms with Crippen LogP contribution in [0.2, 0.25) is 0 Å². The van der Waals surface area contributed by atoms with E-state index in [9.17, 15) is 4.79 Å². The minimum absolute atomic E-state index is 0.0225. The first-order valence-electron chi connectivity index (χ1n) is 7.85. The van der Waals surface area contributed by atoms with Gasteiger partial charge in [-0.25, -0.2) is 9.97 Å². The van der Waals surface area contributed by atoms with Gasteiger partial charge in [0.1, 0.15) is 11.0 Å². The normalized spacial score (nSPS) is 17.1. The number of aromatic nitrogens is 4. The molecule has 0 N–H and O–H groups in total. The second-order valence-corrected chi connectivity index (χ2v) is 6.20. The number of carbonyl (C=O) groups is 1. The Morgan fingerprint density at radius 2 is 2.17 bits per heavy atom. The lowest BCUT2D eigenvalue weighted by atomic mass is 10.2. The van der Waals surface area contributed by atoms with E-state index in [1.165, 1.54) is 7.11 Å². The number of aryl methyl sites for hydroxylation is 1. The van der Waals surface area contributed by atoms with Gasteiger partial charge in [-0.2, -0.15) is 0 Å². The number of nitrogens with zero attached hydrogens (tertiary/aromatic N) is 5. The molecule has 1 fully saturated rings. The molecule has 1 saturated heterocycles. The van der Waals surface area contributed by atoms with Crippen molar-refractivity contribution in [2.45, 2.75) is 32.3 Å². The molecule has 8 nitrogen and oxygen atoms in total. The highest BCUT2D eigenvalue weighted by atomic mass is 32.1. The van der Waals surface area contributed by atoms with Crippen LogP contribution in [-0.2, 0) is 6.42 Å². The topological polar surface area (TPSA) is 90.3 Å². The smallest absolute Gasteiger partial charge is 0.278 e. The Labute approximate surface area is 144 Å². The quantitative estimate of drug-likeness (QED) is 0.782. The summed E-state index contributed by atoms with van der Waals surface area (Å²) in [6.45, 7) is 3.19. The third-order valence-corrected chi connectivity index (χ3v) is 4.53. The SMILES string of the molecule is CCCc1nnsc1C(=O)N1CCC(Oc2nccnc2OC)C1. The van der Waals surface area contributed by atoms with Crippen molar-refractivity contribution in [3.05, 3.63) is 23.0 Å². The van der Waals surface area contributed by atoms with Crippen LogP contribution in [0.5, 0.6) is 11.8 Å². The second-order valence-electron chi connectivity index (χ2n) is 5.45. The van der Waals surface area contributed by atoms with Crippen molar-refractivity contribution in [3.63, 3.8) is 0 Å². The number of likely N-dealkylation sites (tertiary alicyclic amines) is 1. The van der Waals surface area contributed by atoms with Gasteiger partial charge >= 0.3 is 0 Å². The molecule has 1 aliphatic heterocycles. The average Bonchev–Trinajstić information content (AvgIpc) is 3.25. The summed E-state index contributed by atoms with van der Waals surface area (Å²) >= 11 is 1.16. The van der Waals surface area contributed by atoms with Crippen LogP contribution in [-0.4, -0.2) is 56.7 Å². The van der Waals surface area contributed by atoms with E-state index >= 15 is 0 Å². The number of carbonyl (C=O) groups excluding carboxylic acids is 1. The molecular weight excluding hydrogens is 330 g/mol. The molecule has 2 aromatic heterocycles. The van der Waals surface area contributed by atoms with Gasteiger partial charge in [0.15, 0.2) is 0 Å². The number of rotatable bonds is 6. The van der Waals surface area contributed by atoms with Gasteiger partial charge in [0, 0.05) is 25.4 Å². The summed E-state index contributed by atoms with van der Waals surface area (Å²) in [6, 6.07) is 0. The average molecular weight is 349 g/mol. The molecule has 1 unspecified atom stereocenters. The Hall–Kier alpha value is -2.29. The number of methoxy groups -OCH3 is 1. The predicted molar refractivity (Wildman–Crippen MR) is 87.4 cm³/mol. The molecule has 2 aromatic rings. The van der Waals surface area contributed by atoms with E-state index in [4.69, 9.17) is 9.47 Å². The Kier molecular flexibility index (Phi) is 5.19. The van der Waals surface area contributed by atoms with E-state index in [0.29, 0.717) is 29.7 Å². The molecule has 0 radical (unpaired) electrons. The van der Waals surface area contributed by atoms with Gasteiger partial charge in [0.05, 0.1) is 19.3 Å². The minimum Gasteiger partial charge on any atom is -0.477 e. The maximum absolute atomic E-state index is 12.7. The van der Waals surface area contributed by atoms with Crippen molar-refractivity contribution < 1.29 is 14.3 Å². The maximum Gasteiger partial charge on any atom is 0.278 e. The van der Waals surface area contributed by atoms with Crippen molar-refractivity contribution in [1.29, 1.82) is 0 Å². The lowest BCUT2D eigenvalue weighted by molar-refractivity contribution is 0.0773. The molecule has 1 amide bonds. The lowest BCUT2D eigenvalue weighted by Gasteiger charge is -2.17. The van der Waals surface area contributed by atoms with Crippen molar-refractivity contribution >= 4 is 17.4 Å². The Bertz CT molecular complexity index is 708. The molecule has 0 aromatic carbocycles. The van der Waals surface area contributed by atoms with Crippen molar-refractivity contribution in [3.8, 4) is 11.8 Å². The van der Waals surface area contributed by atoms with Gasteiger partial charge in [-0.15, -0.1) is 5.10 Å². The Morgan fingerprint density at radius 3 is 2.92 bits per heavy atom. The summed E-state index contributed by atoms with van der Waals surface area (Å²) in [6.07, 6.45) is 5.40. The van der Waals surface area contributed by atoms with E-state index < -0.39 is 0 Å². The molecule has 0 saturated carbocycles. The Morgan fingerprint density at radius 1 is 1.38 bits per heavy atom. The summed E-state index contributed by atoms with van der Waals surface area (Å²) in [4.78, 5) is 23.3. The zero-order chi connectivity index (χ0) is 16.9. The third-order valence-electron chi connectivity index (χ3n) is 3.77. The van der Waals surface area contributed by atoms with Crippen LogP contribution in [0.4, 0.5) is 0 Å². The maximum atomic E-state index is 12.7. The zero-order valence-electron chi connectivity index (χ0n) is 13.6. The van der Waals surface area contributed by atoms with E-state index in [1.807, 2.05) is 0 Å². The van der Waals surface area contributed by atoms with Crippen LogP contribution >= 0.6 is 11.5 Å². The van der Waals surface area contributed by atoms with E-state index in [-0.39, 0.29) is 12.0 Å². The molecule has 1 aliphatic rings. The summed E-state index contributed by atoms with van der Waals surface area (Å²) in [7, 11) is 1.52. The van der Waals surface area contributed by atoms with Crippen LogP contribution in [0, 0.1) is 0 Å². The first kappa shape index (κ1) is 16.6. The molecule has 3 heterocycles. The third kappa shape index (κ3) is 3.45. The van der Waals surface area contributed by atoms with Gasteiger partial charge in [0.2, 0.25) is 0 Å². The number of ether oxygens (including phenoxy) is 2. The standard InChI is InChI=1S/C15H19N5O3S/c1-3-4-11-12(24-19-18-11)15(21)20-8-5-10(9-20)23-14-13(22-2)16-6-7-17-14/h6-7,10H,3-5,8-9H2,1-2H3. The molecule has 1 atom stereocenters. The fraction of sp³-hybridized carbons (Fsp3) is 0.533.